The number of fused-ring (bicyclic) bond motifs is 2. The Morgan fingerprint density at radius 1 is 1.00 bits per heavy atom. The summed E-state index contributed by atoms with van der Waals surface area (Å²) in [4.78, 5) is 0.211. The fourth-order valence-electron chi connectivity index (χ4n) is 2.96. The van der Waals surface area contributed by atoms with Crippen molar-refractivity contribution in [2.75, 3.05) is 12.5 Å². The predicted octanol–water partition coefficient (Wildman–Crippen LogP) is 4.56. The monoisotopic (exact) mass is 400 g/mol. The number of benzene rings is 3. The molecule has 0 saturated carbocycles. The maximum atomic E-state index is 13.1. The average Bonchev–Trinajstić information content (AvgIpc) is 3.12. The van der Waals surface area contributed by atoms with E-state index in [-0.39, 0.29) is 9.92 Å². The number of hydrogen-bond donors (Lipinski definition) is 1. The number of halogens is 1. The predicted molar refractivity (Wildman–Crippen MR) is 106 cm³/mol. The van der Waals surface area contributed by atoms with Gasteiger partial charge in [-0.15, -0.1) is 11.6 Å². The van der Waals surface area contributed by atoms with Gasteiger partial charge in [-0.2, -0.15) is 5.10 Å². The van der Waals surface area contributed by atoms with Crippen molar-refractivity contribution in [2.45, 2.75) is 16.3 Å². The number of sulfone groups is 1. The van der Waals surface area contributed by atoms with E-state index in [1.54, 1.807) is 36.4 Å². The highest BCUT2D eigenvalue weighted by molar-refractivity contribution is 7.91. The molecule has 5 nitrogen and oxygen atoms in total. The first kappa shape index (κ1) is 17.8. The summed E-state index contributed by atoms with van der Waals surface area (Å²) >= 11 is 5.66. The molecule has 0 fully saturated rings. The van der Waals surface area contributed by atoms with Gasteiger partial charge < -0.3 is 4.74 Å². The van der Waals surface area contributed by atoms with Crippen LogP contribution in [0.15, 0.2) is 70.6 Å². The number of H-pyrrole nitrogens is 1. The minimum Gasteiger partial charge on any atom is -0.494 e. The van der Waals surface area contributed by atoms with E-state index in [1.165, 1.54) is 0 Å². The zero-order chi connectivity index (χ0) is 18.9. The zero-order valence-electron chi connectivity index (χ0n) is 14.4. The summed E-state index contributed by atoms with van der Waals surface area (Å²) in [6.07, 6.45) is 0.772. The lowest BCUT2D eigenvalue weighted by Gasteiger charge is -2.08. The fraction of sp³-hybridized carbons (Fsp3) is 0.150. The molecule has 1 heterocycles. The normalized spacial score (nSPS) is 11.9. The number of rotatable bonds is 6. The number of ether oxygens (including phenoxy) is 1. The lowest BCUT2D eigenvalue weighted by molar-refractivity contribution is 0.319. The van der Waals surface area contributed by atoms with Gasteiger partial charge in [0.1, 0.15) is 5.75 Å². The van der Waals surface area contributed by atoms with E-state index in [9.17, 15) is 8.42 Å². The lowest BCUT2D eigenvalue weighted by Crippen LogP contribution is -2.03. The number of hydrogen-bond acceptors (Lipinski definition) is 4. The van der Waals surface area contributed by atoms with Gasteiger partial charge >= 0.3 is 0 Å². The molecule has 0 aliphatic rings. The Balaban J connectivity index is 1.72. The SMILES string of the molecule is O=S(=O)(c1ccc2cc(OCCCCl)ccc2c1)c1n[nH]c2ccccc12. The molecule has 138 valence electrons. The Labute approximate surface area is 161 Å². The van der Waals surface area contributed by atoms with Gasteiger partial charge in [0.2, 0.25) is 9.84 Å². The Bertz CT molecular complexity index is 1220. The van der Waals surface area contributed by atoms with Crippen molar-refractivity contribution in [1.29, 1.82) is 0 Å². The molecule has 0 unspecified atom stereocenters. The molecule has 1 aromatic heterocycles. The second kappa shape index (κ2) is 7.21. The van der Waals surface area contributed by atoms with Gasteiger partial charge in [0.15, 0.2) is 5.03 Å². The first-order valence-corrected chi connectivity index (χ1v) is 10.5. The van der Waals surface area contributed by atoms with Crippen LogP contribution in [0.1, 0.15) is 6.42 Å². The standard InChI is InChI=1S/C20H17ClN2O3S/c21-10-3-11-26-16-8-6-15-13-17(9-7-14(15)12-16)27(24,25)20-18-4-1-2-5-19(18)22-23-20/h1-2,4-9,12-13H,3,10-11H2,(H,22,23). The van der Waals surface area contributed by atoms with E-state index in [2.05, 4.69) is 10.2 Å². The molecule has 27 heavy (non-hydrogen) atoms. The van der Waals surface area contributed by atoms with Crippen LogP contribution in [0, 0.1) is 0 Å². The first-order valence-electron chi connectivity index (χ1n) is 8.50. The van der Waals surface area contributed by atoms with Crippen molar-refractivity contribution in [1.82, 2.24) is 10.2 Å². The maximum absolute atomic E-state index is 13.1. The van der Waals surface area contributed by atoms with Crippen LogP contribution in [0.2, 0.25) is 0 Å². The molecule has 0 amide bonds. The summed E-state index contributed by atoms with van der Waals surface area (Å²) in [6, 6.07) is 17.8. The topological polar surface area (TPSA) is 72.1 Å². The molecule has 7 heteroatoms. The van der Waals surface area contributed by atoms with Gasteiger partial charge in [-0.3, -0.25) is 5.10 Å². The fourth-order valence-corrected chi connectivity index (χ4v) is 4.45. The Hall–Kier alpha value is -2.57. The van der Waals surface area contributed by atoms with Gasteiger partial charge in [0, 0.05) is 11.3 Å². The first-order chi connectivity index (χ1) is 13.1. The number of nitrogens with one attached hydrogen (secondary N) is 1. The van der Waals surface area contributed by atoms with Crippen LogP contribution in [-0.2, 0) is 9.84 Å². The summed E-state index contributed by atoms with van der Waals surface area (Å²) in [5.41, 5.74) is 0.690. The van der Waals surface area contributed by atoms with E-state index in [0.29, 0.717) is 23.4 Å². The van der Waals surface area contributed by atoms with Gasteiger partial charge in [-0.05, 0) is 53.6 Å². The third-order valence-electron chi connectivity index (χ3n) is 4.33. The molecule has 0 aliphatic heterocycles. The van der Waals surface area contributed by atoms with E-state index in [1.807, 2.05) is 24.3 Å². The second-order valence-corrected chi connectivity index (χ2v) is 8.38. The third-order valence-corrected chi connectivity index (χ3v) is 6.29. The minimum absolute atomic E-state index is 0.0403. The number of nitrogens with zero attached hydrogens (tertiary/aromatic N) is 1. The second-order valence-electron chi connectivity index (χ2n) is 6.14. The average molecular weight is 401 g/mol. The number of alkyl halides is 1. The molecule has 0 spiro atoms. The van der Waals surface area contributed by atoms with Crippen molar-refractivity contribution in [3.63, 3.8) is 0 Å². The highest BCUT2D eigenvalue weighted by Gasteiger charge is 2.23. The van der Waals surface area contributed by atoms with Gasteiger partial charge in [0.05, 0.1) is 17.0 Å². The van der Waals surface area contributed by atoms with Crippen LogP contribution in [0.4, 0.5) is 0 Å². The van der Waals surface area contributed by atoms with Crippen molar-refractivity contribution in [3.8, 4) is 5.75 Å². The van der Waals surface area contributed by atoms with Gasteiger partial charge in [0.25, 0.3) is 0 Å². The molecule has 0 aliphatic carbocycles. The Morgan fingerprint density at radius 3 is 2.63 bits per heavy atom. The Morgan fingerprint density at radius 2 is 1.78 bits per heavy atom. The highest BCUT2D eigenvalue weighted by atomic mass is 35.5. The minimum atomic E-state index is -3.73. The molecule has 0 radical (unpaired) electrons. The smallest absolute Gasteiger partial charge is 0.226 e. The Kier molecular flexibility index (Phi) is 4.76. The summed E-state index contributed by atoms with van der Waals surface area (Å²) in [5, 5.41) is 9.16. The molecule has 4 rings (SSSR count). The van der Waals surface area contributed by atoms with Crippen LogP contribution in [-0.4, -0.2) is 31.1 Å². The zero-order valence-corrected chi connectivity index (χ0v) is 15.9. The van der Waals surface area contributed by atoms with Crippen molar-refractivity contribution >= 4 is 43.1 Å². The number of aromatic nitrogens is 2. The van der Waals surface area contributed by atoms with Crippen LogP contribution in [0.3, 0.4) is 0 Å². The van der Waals surface area contributed by atoms with Crippen molar-refractivity contribution < 1.29 is 13.2 Å². The van der Waals surface area contributed by atoms with E-state index >= 15 is 0 Å². The molecule has 0 bridgehead atoms. The molecule has 0 atom stereocenters. The van der Waals surface area contributed by atoms with Crippen molar-refractivity contribution in [3.05, 3.63) is 60.7 Å². The van der Waals surface area contributed by atoms with Gasteiger partial charge in [-0.25, -0.2) is 8.42 Å². The van der Waals surface area contributed by atoms with Crippen LogP contribution in [0.5, 0.6) is 5.75 Å². The van der Waals surface area contributed by atoms with E-state index < -0.39 is 9.84 Å². The van der Waals surface area contributed by atoms with Crippen LogP contribution >= 0.6 is 11.6 Å². The molecular formula is C20H17ClN2O3S. The van der Waals surface area contributed by atoms with E-state index in [4.69, 9.17) is 16.3 Å². The molecule has 0 saturated heterocycles. The molecule has 4 aromatic rings. The largest absolute Gasteiger partial charge is 0.494 e. The third kappa shape index (κ3) is 3.38. The summed E-state index contributed by atoms with van der Waals surface area (Å²) in [5.74, 6) is 1.29. The van der Waals surface area contributed by atoms with Crippen LogP contribution in [0.25, 0.3) is 21.7 Å². The highest BCUT2D eigenvalue weighted by Crippen LogP contribution is 2.29. The summed E-state index contributed by atoms with van der Waals surface area (Å²) in [6.45, 7) is 0.549. The summed E-state index contributed by atoms with van der Waals surface area (Å²) in [7, 11) is -3.73. The summed E-state index contributed by atoms with van der Waals surface area (Å²) < 4.78 is 31.8. The van der Waals surface area contributed by atoms with Crippen LogP contribution < -0.4 is 4.74 Å². The molecule has 1 N–H and O–H groups in total. The van der Waals surface area contributed by atoms with Crippen molar-refractivity contribution in [2.24, 2.45) is 0 Å². The van der Waals surface area contributed by atoms with Gasteiger partial charge in [-0.1, -0.05) is 24.3 Å². The molecular weight excluding hydrogens is 384 g/mol. The lowest BCUT2D eigenvalue weighted by atomic mass is 10.1. The maximum Gasteiger partial charge on any atom is 0.226 e. The molecule has 3 aromatic carbocycles. The quantitative estimate of drug-likeness (QED) is 0.380. The number of aromatic amines is 1. The van der Waals surface area contributed by atoms with E-state index in [0.717, 1.165) is 22.9 Å². The number of para-hydroxylation sites is 1.